The Labute approximate surface area is 136 Å². The van der Waals surface area contributed by atoms with E-state index < -0.39 is 5.60 Å². The quantitative estimate of drug-likeness (QED) is 0.760. The molecule has 1 aromatic carbocycles. The summed E-state index contributed by atoms with van der Waals surface area (Å²) in [6, 6.07) is 11.7. The number of para-hydroxylation sites is 2. The summed E-state index contributed by atoms with van der Waals surface area (Å²) in [7, 11) is 2.01. The van der Waals surface area contributed by atoms with Gasteiger partial charge in [0, 0.05) is 13.6 Å². The molecule has 5 nitrogen and oxygen atoms in total. The van der Waals surface area contributed by atoms with Gasteiger partial charge in [-0.05, 0) is 45.0 Å². The summed E-state index contributed by atoms with van der Waals surface area (Å²) >= 11 is 0. The largest absolute Gasteiger partial charge is 0.463 e. The van der Waals surface area contributed by atoms with Crippen LogP contribution >= 0.6 is 0 Å². The van der Waals surface area contributed by atoms with Gasteiger partial charge in [0.25, 0.3) is 0 Å². The first-order valence-corrected chi connectivity index (χ1v) is 7.82. The Hall–Kier alpha value is -2.11. The maximum absolute atomic E-state index is 10.6. The molecular weight excluding hydrogens is 290 g/mol. The molecule has 0 amide bonds. The van der Waals surface area contributed by atoms with Crippen LogP contribution in [0.2, 0.25) is 0 Å². The molecule has 3 rings (SSSR count). The van der Waals surface area contributed by atoms with Crippen molar-refractivity contribution < 1.29 is 9.52 Å². The fourth-order valence-electron chi connectivity index (χ4n) is 2.81. The van der Waals surface area contributed by atoms with Crippen LogP contribution in [0.25, 0.3) is 11.0 Å². The van der Waals surface area contributed by atoms with Gasteiger partial charge in [-0.3, -0.25) is 0 Å². The van der Waals surface area contributed by atoms with Gasteiger partial charge in [0.2, 0.25) is 0 Å². The van der Waals surface area contributed by atoms with Gasteiger partial charge >= 0.3 is 0 Å². The van der Waals surface area contributed by atoms with E-state index in [1.54, 1.807) is 6.92 Å². The Morgan fingerprint density at radius 3 is 2.70 bits per heavy atom. The van der Waals surface area contributed by atoms with Crippen LogP contribution in [0.4, 0.5) is 0 Å². The molecule has 2 atom stereocenters. The normalized spacial score (nSPS) is 15.7. The van der Waals surface area contributed by atoms with Crippen molar-refractivity contribution in [1.29, 1.82) is 0 Å². The van der Waals surface area contributed by atoms with Crippen molar-refractivity contribution in [2.45, 2.75) is 32.4 Å². The van der Waals surface area contributed by atoms with Crippen LogP contribution in [0, 0.1) is 6.92 Å². The highest BCUT2D eigenvalue weighted by Gasteiger charge is 2.28. The first-order chi connectivity index (χ1) is 10.9. The molecule has 5 heteroatoms. The van der Waals surface area contributed by atoms with E-state index in [1.807, 2.05) is 51.2 Å². The molecule has 0 fully saturated rings. The number of furan rings is 1. The number of aryl methyl sites for hydroxylation is 2. The second-order valence-electron chi connectivity index (χ2n) is 6.30. The molecule has 0 aliphatic carbocycles. The lowest BCUT2D eigenvalue weighted by Crippen LogP contribution is -2.37. The van der Waals surface area contributed by atoms with Crippen LogP contribution in [0.1, 0.15) is 37.2 Å². The molecule has 122 valence electrons. The Morgan fingerprint density at radius 1 is 1.30 bits per heavy atom. The average Bonchev–Trinajstić information content (AvgIpc) is 3.10. The van der Waals surface area contributed by atoms with Gasteiger partial charge in [-0.2, -0.15) is 0 Å². The maximum Gasteiger partial charge on any atom is 0.136 e. The van der Waals surface area contributed by atoms with Crippen LogP contribution in [-0.4, -0.2) is 21.2 Å². The molecule has 3 aromatic rings. The van der Waals surface area contributed by atoms with Gasteiger partial charge in [-0.25, -0.2) is 4.98 Å². The summed E-state index contributed by atoms with van der Waals surface area (Å²) in [6.07, 6.45) is 0. The van der Waals surface area contributed by atoms with Crippen molar-refractivity contribution in [2.75, 3.05) is 6.54 Å². The smallest absolute Gasteiger partial charge is 0.136 e. The van der Waals surface area contributed by atoms with Gasteiger partial charge in [-0.1, -0.05) is 12.1 Å². The highest BCUT2D eigenvalue weighted by atomic mass is 16.4. The van der Waals surface area contributed by atoms with E-state index in [1.165, 1.54) is 0 Å². The Morgan fingerprint density at radius 2 is 2.04 bits per heavy atom. The first kappa shape index (κ1) is 15.8. The molecule has 23 heavy (non-hydrogen) atoms. The molecule has 0 aliphatic heterocycles. The Kier molecular flexibility index (Phi) is 4.00. The second-order valence-corrected chi connectivity index (χ2v) is 6.30. The Balaban J connectivity index is 1.76. The van der Waals surface area contributed by atoms with Gasteiger partial charge in [-0.15, -0.1) is 0 Å². The summed E-state index contributed by atoms with van der Waals surface area (Å²) in [4.78, 5) is 4.69. The standard InChI is InChI=1S/C18H23N3O2/c1-12-9-10-16(23-12)18(3,22)11-19-13(2)17-20-14-7-5-6-8-15(14)21(17)4/h5-10,13,19,22H,11H2,1-4H3. The number of rotatable bonds is 5. The van der Waals surface area contributed by atoms with E-state index in [9.17, 15) is 5.11 Å². The van der Waals surface area contributed by atoms with Crippen LogP contribution in [0.5, 0.6) is 0 Å². The van der Waals surface area contributed by atoms with Gasteiger partial charge in [0.05, 0.1) is 17.1 Å². The zero-order valence-corrected chi connectivity index (χ0v) is 14.0. The molecule has 0 bridgehead atoms. The summed E-state index contributed by atoms with van der Waals surface area (Å²) in [5.41, 5.74) is 1.02. The predicted octanol–water partition coefficient (Wildman–Crippen LogP) is 3.03. The lowest BCUT2D eigenvalue weighted by Gasteiger charge is -2.24. The minimum absolute atomic E-state index is 0.00920. The van der Waals surface area contributed by atoms with Gasteiger partial charge < -0.3 is 19.4 Å². The van der Waals surface area contributed by atoms with E-state index in [-0.39, 0.29) is 6.04 Å². The van der Waals surface area contributed by atoms with Crippen molar-refractivity contribution in [1.82, 2.24) is 14.9 Å². The third-order valence-corrected chi connectivity index (χ3v) is 4.23. The predicted molar refractivity (Wildman–Crippen MR) is 90.1 cm³/mol. The van der Waals surface area contributed by atoms with E-state index in [2.05, 4.69) is 20.9 Å². The topological polar surface area (TPSA) is 63.2 Å². The SMILES string of the molecule is Cc1ccc(C(C)(O)CNC(C)c2nc3ccccc3n2C)o1. The minimum Gasteiger partial charge on any atom is -0.463 e. The third-order valence-electron chi connectivity index (χ3n) is 4.23. The summed E-state index contributed by atoms with van der Waals surface area (Å²) in [5, 5.41) is 14.0. The number of nitrogens with one attached hydrogen (secondary N) is 1. The molecule has 2 N–H and O–H groups in total. The summed E-state index contributed by atoms with van der Waals surface area (Å²) in [5.74, 6) is 2.31. The van der Waals surface area contributed by atoms with Crippen molar-refractivity contribution in [2.24, 2.45) is 7.05 Å². The van der Waals surface area contributed by atoms with Crippen LogP contribution < -0.4 is 5.32 Å². The molecular formula is C18H23N3O2. The number of hydrogen-bond donors (Lipinski definition) is 2. The van der Waals surface area contributed by atoms with Crippen molar-refractivity contribution in [3.8, 4) is 0 Å². The molecule has 0 aliphatic rings. The lowest BCUT2D eigenvalue weighted by atomic mass is 10.0. The number of benzene rings is 1. The van der Waals surface area contributed by atoms with E-state index in [0.717, 1.165) is 22.6 Å². The van der Waals surface area contributed by atoms with Crippen molar-refractivity contribution >= 4 is 11.0 Å². The number of fused-ring (bicyclic) bond motifs is 1. The number of hydrogen-bond acceptors (Lipinski definition) is 4. The molecule has 0 radical (unpaired) electrons. The van der Waals surface area contributed by atoms with E-state index >= 15 is 0 Å². The number of aliphatic hydroxyl groups is 1. The molecule has 0 saturated heterocycles. The molecule has 0 spiro atoms. The van der Waals surface area contributed by atoms with Crippen LogP contribution in [-0.2, 0) is 12.6 Å². The minimum atomic E-state index is -1.06. The number of imidazole rings is 1. The third kappa shape index (κ3) is 3.02. The van der Waals surface area contributed by atoms with Crippen LogP contribution in [0.3, 0.4) is 0 Å². The second kappa shape index (κ2) is 5.83. The monoisotopic (exact) mass is 313 g/mol. The number of aromatic nitrogens is 2. The average molecular weight is 313 g/mol. The molecule has 2 heterocycles. The zero-order valence-electron chi connectivity index (χ0n) is 14.0. The highest BCUT2D eigenvalue weighted by molar-refractivity contribution is 5.75. The summed E-state index contributed by atoms with van der Waals surface area (Å²) in [6.45, 7) is 6.05. The highest BCUT2D eigenvalue weighted by Crippen LogP contribution is 2.24. The van der Waals surface area contributed by atoms with Crippen LogP contribution in [0.15, 0.2) is 40.8 Å². The fraction of sp³-hybridized carbons (Fsp3) is 0.389. The molecule has 2 unspecified atom stereocenters. The van der Waals surface area contributed by atoms with Gasteiger partial charge in [0.15, 0.2) is 0 Å². The van der Waals surface area contributed by atoms with E-state index in [4.69, 9.17) is 4.42 Å². The number of nitrogens with zero attached hydrogens (tertiary/aromatic N) is 2. The fourth-order valence-corrected chi connectivity index (χ4v) is 2.81. The van der Waals surface area contributed by atoms with E-state index in [0.29, 0.717) is 12.3 Å². The molecule has 2 aromatic heterocycles. The summed E-state index contributed by atoms with van der Waals surface area (Å²) < 4.78 is 7.63. The van der Waals surface area contributed by atoms with Crippen molar-refractivity contribution in [3.63, 3.8) is 0 Å². The first-order valence-electron chi connectivity index (χ1n) is 7.82. The zero-order chi connectivity index (χ0) is 16.6. The molecule has 0 saturated carbocycles. The lowest BCUT2D eigenvalue weighted by molar-refractivity contribution is 0.0310. The maximum atomic E-state index is 10.6. The van der Waals surface area contributed by atoms with Crippen molar-refractivity contribution in [3.05, 3.63) is 53.7 Å². The van der Waals surface area contributed by atoms with Gasteiger partial charge in [0.1, 0.15) is 22.9 Å². The Bertz CT molecular complexity index is 817.